The number of halogens is 1. The summed E-state index contributed by atoms with van der Waals surface area (Å²) in [7, 11) is 1.54. The molecule has 10 heteroatoms. The minimum Gasteiger partial charge on any atom is -0.493 e. The fourth-order valence-electron chi connectivity index (χ4n) is 5.86. The van der Waals surface area contributed by atoms with E-state index in [4.69, 9.17) is 26.8 Å². The highest BCUT2D eigenvalue weighted by atomic mass is 35.5. The van der Waals surface area contributed by atoms with Crippen molar-refractivity contribution in [3.05, 3.63) is 58.7 Å². The van der Waals surface area contributed by atoms with Gasteiger partial charge in [-0.05, 0) is 61.6 Å². The number of aromatic amines is 1. The molecule has 0 bridgehead atoms. The van der Waals surface area contributed by atoms with Crippen LogP contribution >= 0.6 is 11.6 Å². The van der Waals surface area contributed by atoms with E-state index in [0.717, 1.165) is 16.5 Å². The monoisotopic (exact) mass is 552 g/mol. The number of nitrogens with one attached hydrogen (secondary N) is 1. The van der Waals surface area contributed by atoms with Gasteiger partial charge in [-0.1, -0.05) is 17.7 Å². The molecule has 39 heavy (non-hydrogen) atoms. The van der Waals surface area contributed by atoms with Gasteiger partial charge in [-0.3, -0.25) is 14.4 Å². The van der Waals surface area contributed by atoms with Crippen LogP contribution in [-0.4, -0.2) is 71.9 Å². The Morgan fingerprint density at radius 3 is 2.54 bits per heavy atom. The molecule has 2 saturated heterocycles. The summed E-state index contributed by atoms with van der Waals surface area (Å²) in [4.78, 5) is 46.0. The molecule has 2 aliphatic heterocycles. The molecular formula is C29H33ClN4O5. The van der Waals surface area contributed by atoms with Gasteiger partial charge in [0.2, 0.25) is 11.8 Å². The lowest BCUT2D eigenvalue weighted by atomic mass is 9.79. The SMILES string of the molecule is COc1cc(C(=O)N2CC3CN(C(=O)Cc4c[nH]c5cc(Cl)ccc45)CC(C(N)=O)C3C2)ccc1OC(C)C. The maximum absolute atomic E-state index is 13.5. The molecule has 3 atom stereocenters. The zero-order chi connectivity index (χ0) is 27.8. The number of carbonyl (C=O) groups is 3. The molecule has 206 valence electrons. The van der Waals surface area contributed by atoms with Crippen LogP contribution in [0.25, 0.3) is 10.9 Å². The number of nitrogens with two attached hydrogens (primary N) is 1. The Labute approximate surface area is 232 Å². The van der Waals surface area contributed by atoms with Crippen LogP contribution in [0.4, 0.5) is 0 Å². The van der Waals surface area contributed by atoms with Crippen LogP contribution < -0.4 is 15.2 Å². The molecule has 2 aliphatic rings. The van der Waals surface area contributed by atoms with Gasteiger partial charge in [-0.25, -0.2) is 0 Å². The number of fused-ring (bicyclic) bond motifs is 2. The first-order valence-electron chi connectivity index (χ1n) is 13.1. The number of H-pyrrole nitrogens is 1. The first-order valence-corrected chi connectivity index (χ1v) is 13.5. The van der Waals surface area contributed by atoms with Crippen LogP contribution in [0.1, 0.15) is 29.8 Å². The molecule has 3 heterocycles. The molecule has 1 aromatic heterocycles. The number of amides is 3. The van der Waals surface area contributed by atoms with Crippen molar-refractivity contribution in [1.29, 1.82) is 0 Å². The molecule has 9 nitrogen and oxygen atoms in total. The smallest absolute Gasteiger partial charge is 0.254 e. The van der Waals surface area contributed by atoms with Gasteiger partial charge >= 0.3 is 0 Å². The van der Waals surface area contributed by atoms with Gasteiger partial charge in [0, 0.05) is 53.9 Å². The molecule has 0 spiro atoms. The van der Waals surface area contributed by atoms with Crippen LogP contribution in [-0.2, 0) is 16.0 Å². The minimum absolute atomic E-state index is 0.0342. The number of carbonyl (C=O) groups excluding carboxylic acids is 3. The van der Waals surface area contributed by atoms with E-state index in [1.165, 1.54) is 7.11 Å². The second kappa shape index (κ2) is 10.8. The molecule has 0 aliphatic carbocycles. The van der Waals surface area contributed by atoms with E-state index in [1.54, 1.807) is 34.1 Å². The van der Waals surface area contributed by atoms with Crippen molar-refractivity contribution < 1.29 is 23.9 Å². The van der Waals surface area contributed by atoms with E-state index >= 15 is 0 Å². The van der Waals surface area contributed by atoms with Crippen LogP contribution in [0.2, 0.25) is 5.02 Å². The van der Waals surface area contributed by atoms with Crippen LogP contribution in [0.3, 0.4) is 0 Å². The largest absolute Gasteiger partial charge is 0.493 e. The number of piperidine rings is 1. The second-order valence-electron chi connectivity index (χ2n) is 10.7. The molecule has 5 rings (SSSR count). The molecule has 0 radical (unpaired) electrons. The number of rotatable bonds is 7. The predicted octanol–water partition coefficient (Wildman–Crippen LogP) is 3.49. The van der Waals surface area contributed by atoms with Gasteiger partial charge in [-0.15, -0.1) is 0 Å². The fraction of sp³-hybridized carbons (Fsp3) is 0.414. The van der Waals surface area contributed by atoms with E-state index in [9.17, 15) is 14.4 Å². The third kappa shape index (κ3) is 5.41. The molecule has 3 amide bonds. The van der Waals surface area contributed by atoms with Crippen LogP contribution in [0.15, 0.2) is 42.6 Å². The lowest BCUT2D eigenvalue weighted by Gasteiger charge is -2.38. The summed E-state index contributed by atoms with van der Waals surface area (Å²) in [5.41, 5.74) is 8.02. The van der Waals surface area contributed by atoms with Crippen molar-refractivity contribution in [3.63, 3.8) is 0 Å². The van der Waals surface area contributed by atoms with Crippen LogP contribution in [0, 0.1) is 17.8 Å². The number of methoxy groups -OCH3 is 1. The first kappa shape index (κ1) is 26.9. The number of hydrogen-bond donors (Lipinski definition) is 2. The number of nitrogens with zero attached hydrogens (tertiary/aromatic N) is 2. The Morgan fingerprint density at radius 2 is 1.82 bits per heavy atom. The molecular weight excluding hydrogens is 520 g/mol. The van der Waals surface area contributed by atoms with E-state index in [-0.39, 0.29) is 42.7 Å². The molecule has 3 unspecified atom stereocenters. The van der Waals surface area contributed by atoms with Crippen molar-refractivity contribution in [2.24, 2.45) is 23.5 Å². The fourth-order valence-corrected chi connectivity index (χ4v) is 6.03. The van der Waals surface area contributed by atoms with Crippen molar-refractivity contribution >= 4 is 40.2 Å². The third-order valence-corrected chi connectivity index (χ3v) is 7.97. The van der Waals surface area contributed by atoms with Crippen LogP contribution in [0.5, 0.6) is 11.5 Å². The Hall–Kier alpha value is -3.72. The summed E-state index contributed by atoms with van der Waals surface area (Å²) in [6.07, 6.45) is 1.98. The third-order valence-electron chi connectivity index (χ3n) is 7.73. The summed E-state index contributed by atoms with van der Waals surface area (Å²) in [6, 6.07) is 10.7. The van der Waals surface area contributed by atoms with E-state index < -0.39 is 11.8 Å². The summed E-state index contributed by atoms with van der Waals surface area (Å²) in [5.74, 6) is -0.299. The molecule has 2 fully saturated rings. The quantitative estimate of drug-likeness (QED) is 0.465. The van der Waals surface area contributed by atoms with Crippen molar-refractivity contribution in [2.45, 2.75) is 26.4 Å². The maximum atomic E-state index is 13.5. The Bertz CT molecular complexity index is 1420. The lowest BCUT2D eigenvalue weighted by Crippen LogP contribution is -2.52. The molecule has 0 saturated carbocycles. The highest BCUT2D eigenvalue weighted by molar-refractivity contribution is 6.31. The van der Waals surface area contributed by atoms with Crippen molar-refractivity contribution in [3.8, 4) is 11.5 Å². The number of aromatic nitrogens is 1. The van der Waals surface area contributed by atoms with E-state index in [0.29, 0.717) is 41.7 Å². The predicted molar refractivity (Wildman–Crippen MR) is 148 cm³/mol. The van der Waals surface area contributed by atoms with E-state index in [1.807, 2.05) is 32.2 Å². The summed E-state index contributed by atoms with van der Waals surface area (Å²) in [6.45, 7) is 5.41. The van der Waals surface area contributed by atoms with Gasteiger partial charge in [0.25, 0.3) is 5.91 Å². The number of ether oxygens (including phenoxy) is 2. The van der Waals surface area contributed by atoms with Gasteiger partial charge in [0.15, 0.2) is 11.5 Å². The van der Waals surface area contributed by atoms with Crippen molar-refractivity contribution in [2.75, 3.05) is 33.3 Å². The van der Waals surface area contributed by atoms with Gasteiger partial charge in [0.05, 0.1) is 25.6 Å². The average molecular weight is 553 g/mol. The summed E-state index contributed by atoms with van der Waals surface area (Å²) in [5, 5.41) is 1.55. The number of benzene rings is 2. The number of primary amides is 1. The molecule has 3 N–H and O–H groups in total. The number of likely N-dealkylation sites (tertiary alicyclic amines) is 2. The highest BCUT2D eigenvalue weighted by Gasteiger charge is 2.47. The van der Waals surface area contributed by atoms with Gasteiger partial charge in [-0.2, -0.15) is 0 Å². The standard InChI is InChI=1S/C29H33ClN4O5/c1-16(2)39-25-7-4-17(8-26(25)38-3)29(37)34-13-19-12-33(15-23(28(31)36)22(19)14-34)27(35)9-18-11-32-24-10-20(30)5-6-21(18)24/h4-8,10-11,16,19,22-23,32H,9,12-15H2,1-3H3,(H2,31,36). The van der Waals surface area contributed by atoms with Gasteiger partial charge in [0.1, 0.15) is 0 Å². The molecule has 3 aromatic rings. The van der Waals surface area contributed by atoms with Crippen molar-refractivity contribution in [1.82, 2.24) is 14.8 Å². The summed E-state index contributed by atoms with van der Waals surface area (Å²) >= 11 is 6.09. The average Bonchev–Trinajstić information content (AvgIpc) is 3.51. The summed E-state index contributed by atoms with van der Waals surface area (Å²) < 4.78 is 11.2. The normalized spacial score (nSPS) is 20.8. The highest BCUT2D eigenvalue weighted by Crippen LogP contribution is 2.37. The second-order valence-corrected chi connectivity index (χ2v) is 11.1. The van der Waals surface area contributed by atoms with Gasteiger partial charge < -0.3 is 30.0 Å². The lowest BCUT2D eigenvalue weighted by molar-refractivity contribution is -0.137. The first-order chi connectivity index (χ1) is 18.6. The zero-order valence-corrected chi connectivity index (χ0v) is 23.0. The Morgan fingerprint density at radius 1 is 1.05 bits per heavy atom. The zero-order valence-electron chi connectivity index (χ0n) is 22.3. The maximum Gasteiger partial charge on any atom is 0.254 e. The van der Waals surface area contributed by atoms with E-state index in [2.05, 4.69) is 4.98 Å². The molecule has 2 aromatic carbocycles. The number of hydrogen-bond acceptors (Lipinski definition) is 5. The Balaban J connectivity index is 1.31. The minimum atomic E-state index is -0.524. The topological polar surface area (TPSA) is 118 Å². The Kier molecular flexibility index (Phi) is 7.44.